The minimum atomic E-state index is 0.575. The van der Waals surface area contributed by atoms with Gasteiger partial charge in [-0.2, -0.15) is 0 Å². The number of hydrogen-bond donors (Lipinski definition) is 0. The number of methoxy groups -OCH3 is 2. The molecule has 0 amide bonds. The fourth-order valence-electron chi connectivity index (χ4n) is 3.92. The monoisotopic (exact) mass is 491 g/mol. The number of thiophene rings is 1. The third kappa shape index (κ3) is 4.29. The Kier molecular flexibility index (Phi) is 6.56. The Morgan fingerprint density at radius 3 is 1.65 bits per heavy atom. The number of benzene rings is 3. The topological polar surface area (TPSA) is 40.2 Å². The first kappa shape index (κ1) is 22.5. The van der Waals surface area contributed by atoms with E-state index in [2.05, 4.69) is 59.7 Å². The maximum absolute atomic E-state index is 5.99. The lowest BCUT2D eigenvalue weighted by molar-refractivity contribution is 0.170. The molecule has 5 rings (SSSR count). The lowest BCUT2D eigenvalue weighted by Crippen LogP contribution is -2.14. The fourth-order valence-corrected chi connectivity index (χ4v) is 5.77. The predicted octanol–water partition coefficient (Wildman–Crippen LogP) is 7.40. The lowest BCUT2D eigenvalue weighted by Gasteiger charge is -2.26. The summed E-state index contributed by atoms with van der Waals surface area (Å²) in [6, 6.07) is 24.7. The Morgan fingerprint density at radius 2 is 1.18 bits per heavy atom. The molecular formula is C27H25NO4S2. The molecule has 3 aromatic carbocycles. The Labute approximate surface area is 207 Å². The highest BCUT2D eigenvalue weighted by Gasteiger charge is 2.25. The van der Waals surface area contributed by atoms with Crippen molar-refractivity contribution in [3.63, 3.8) is 0 Å². The van der Waals surface area contributed by atoms with Gasteiger partial charge in [-0.15, -0.1) is 23.1 Å². The van der Waals surface area contributed by atoms with Gasteiger partial charge in [0.15, 0.2) is 11.5 Å². The SMILES string of the molecule is COc1ccc(N(c2ccc(OC)cc2)c2ccc(-c3sc(SC)c4c3OCCO4)cc2)cc1. The number of nitrogens with zero attached hydrogens (tertiary/aromatic N) is 1. The number of fused-ring (bicyclic) bond motifs is 1. The van der Waals surface area contributed by atoms with Gasteiger partial charge in [-0.05, 0) is 72.5 Å². The number of ether oxygens (including phenoxy) is 4. The van der Waals surface area contributed by atoms with E-state index in [4.69, 9.17) is 18.9 Å². The summed E-state index contributed by atoms with van der Waals surface area (Å²) in [6.45, 7) is 1.17. The molecule has 34 heavy (non-hydrogen) atoms. The maximum atomic E-state index is 5.99. The molecule has 5 nitrogen and oxygen atoms in total. The molecule has 4 aromatic rings. The summed E-state index contributed by atoms with van der Waals surface area (Å²) in [4.78, 5) is 3.31. The molecule has 0 radical (unpaired) electrons. The van der Waals surface area contributed by atoms with Crippen molar-refractivity contribution in [2.75, 3.05) is 38.6 Å². The Morgan fingerprint density at radius 1 is 0.706 bits per heavy atom. The average Bonchev–Trinajstić information content (AvgIpc) is 3.29. The minimum absolute atomic E-state index is 0.575. The van der Waals surface area contributed by atoms with Crippen LogP contribution in [-0.4, -0.2) is 33.7 Å². The zero-order valence-electron chi connectivity index (χ0n) is 19.2. The van der Waals surface area contributed by atoms with Crippen molar-refractivity contribution < 1.29 is 18.9 Å². The van der Waals surface area contributed by atoms with Gasteiger partial charge in [-0.25, -0.2) is 0 Å². The first-order valence-corrected chi connectivity index (χ1v) is 12.9. The molecule has 2 heterocycles. The maximum Gasteiger partial charge on any atom is 0.186 e. The minimum Gasteiger partial charge on any atom is -0.497 e. The molecule has 1 aliphatic rings. The van der Waals surface area contributed by atoms with Gasteiger partial charge in [-0.3, -0.25) is 0 Å². The van der Waals surface area contributed by atoms with Crippen molar-refractivity contribution in [1.29, 1.82) is 0 Å². The Bertz CT molecular complexity index is 1200. The molecule has 0 aliphatic carbocycles. The third-order valence-electron chi connectivity index (χ3n) is 5.60. The summed E-state index contributed by atoms with van der Waals surface area (Å²) in [5.74, 6) is 3.38. The van der Waals surface area contributed by atoms with E-state index in [-0.39, 0.29) is 0 Å². The summed E-state index contributed by atoms with van der Waals surface area (Å²) in [5.41, 5.74) is 4.23. The largest absolute Gasteiger partial charge is 0.497 e. The number of thioether (sulfide) groups is 1. The summed E-state index contributed by atoms with van der Waals surface area (Å²) >= 11 is 3.41. The van der Waals surface area contributed by atoms with Crippen LogP contribution in [0.4, 0.5) is 17.1 Å². The van der Waals surface area contributed by atoms with E-state index in [0.29, 0.717) is 13.2 Å². The van der Waals surface area contributed by atoms with E-state index < -0.39 is 0 Å². The Balaban J connectivity index is 1.54. The van der Waals surface area contributed by atoms with Gasteiger partial charge in [-0.1, -0.05) is 12.1 Å². The number of anilines is 3. The average molecular weight is 492 g/mol. The summed E-state index contributed by atoms with van der Waals surface area (Å²) < 4.78 is 23.7. The molecule has 0 saturated heterocycles. The van der Waals surface area contributed by atoms with E-state index in [0.717, 1.165) is 54.7 Å². The van der Waals surface area contributed by atoms with Gasteiger partial charge in [0.2, 0.25) is 0 Å². The smallest absolute Gasteiger partial charge is 0.186 e. The van der Waals surface area contributed by atoms with Crippen LogP contribution >= 0.6 is 23.1 Å². The van der Waals surface area contributed by atoms with Crippen LogP contribution in [0.15, 0.2) is 77.0 Å². The quantitative estimate of drug-likeness (QED) is 0.251. The zero-order valence-corrected chi connectivity index (χ0v) is 20.9. The summed E-state index contributed by atoms with van der Waals surface area (Å²) in [7, 11) is 3.35. The highest BCUT2D eigenvalue weighted by molar-refractivity contribution is 8.00. The van der Waals surface area contributed by atoms with Crippen molar-refractivity contribution in [2.24, 2.45) is 0 Å². The highest BCUT2D eigenvalue weighted by atomic mass is 32.2. The summed E-state index contributed by atoms with van der Waals surface area (Å²) in [5, 5.41) is 0. The van der Waals surface area contributed by atoms with E-state index in [1.807, 2.05) is 24.3 Å². The van der Waals surface area contributed by atoms with Crippen molar-refractivity contribution in [3.05, 3.63) is 72.8 Å². The Hall–Kier alpha value is -3.29. The lowest BCUT2D eigenvalue weighted by atomic mass is 10.1. The van der Waals surface area contributed by atoms with Crippen LogP contribution in [0, 0.1) is 0 Å². The van der Waals surface area contributed by atoms with Crippen LogP contribution in [-0.2, 0) is 0 Å². The van der Waals surface area contributed by atoms with Crippen LogP contribution in [0.2, 0.25) is 0 Å². The van der Waals surface area contributed by atoms with Crippen LogP contribution in [0.1, 0.15) is 0 Å². The molecule has 174 valence electrons. The van der Waals surface area contributed by atoms with Crippen LogP contribution < -0.4 is 23.8 Å². The van der Waals surface area contributed by atoms with E-state index in [1.54, 1.807) is 37.3 Å². The van der Waals surface area contributed by atoms with E-state index >= 15 is 0 Å². The van der Waals surface area contributed by atoms with Crippen LogP contribution in [0.5, 0.6) is 23.0 Å². The normalized spacial score (nSPS) is 12.3. The van der Waals surface area contributed by atoms with Gasteiger partial charge in [0.1, 0.15) is 28.9 Å². The molecule has 0 spiro atoms. The standard InChI is InChI=1S/C27H25NO4S2/c1-29-22-12-8-20(9-13-22)28(21-10-14-23(30-2)15-11-21)19-6-4-18(5-7-19)26-24-25(27(33-3)34-26)32-17-16-31-24/h4-15H,16-17H2,1-3H3. The molecule has 1 aromatic heterocycles. The predicted molar refractivity (Wildman–Crippen MR) is 140 cm³/mol. The zero-order chi connectivity index (χ0) is 23.5. The van der Waals surface area contributed by atoms with E-state index in [1.165, 1.54) is 0 Å². The van der Waals surface area contributed by atoms with Gasteiger partial charge in [0, 0.05) is 17.1 Å². The molecule has 0 N–H and O–H groups in total. The molecule has 0 atom stereocenters. The van der Waals surface area contributed by atoms with Crippen molar-refractivity contribution in [2.45, 2.75) is 4.21 Å². The van der Waals surface area contributed by atoms with Gasteiger partial charge in [0.05, 0.1) is 19.1 Å². The second-order valence-electron chi connectivity index (χ2n) is 7.56. The second kappa shape index (κ2) is 9.91. The molecular weight excluding hydrogens is 466 g/mol. The summed E-state index contributed by atoms with van der Waals surface area (Å²) in [6.07, 6.45) is 2.07. The number of rotatable bonds is 7. The van der Waals surface area contributed by atoms with Gasteiger partial charge < -0.3 is 23.8 Å². The third-order valence-corrected chi connectivity index (χ3v) is 7.91. The van der Waals surface area contributed by atoms with Gasteiger partial charge >= 0.3 is 0 Å². The number of hydrogen-bond acceptors (Lipinski definition) is 7. The molecule has 0 bridgehead atoms. The first-order valence-electron chi connectivity index (χ1n) is 10.9. The van der Waals surface area contributed by atoms with Gasteiger partial charge in [0.25, 0.3) is 0 Å². The highest BCUT2D eigenvalue weighted by Crippen LogP contribution is 2.52. The molecule has 0 saturated carbocycles. The van der Waals surface area contributed by atoms with E-state index in [9.17, 15) is 0 Å². The molecule has 1 aliphatic heterocycles. The molecule has 0 fully saturated rings. The molecule has 7 heteroatoms. The van der Waals surface area contributed by atoms with Crippen LogP contribution in [0.25, 0.3) is 10.4 Å². The first-order chi connectivity index (χ1) is 16.7. The van der Waals surface area contributed by atoms with Crippen LogP contribution in [0.3, 0.4) is 0 Å². The van der Waals surface area contributed by atoms with Crippen molar-refractivity contribution >= 4 is 40.2 Å². The van der Waals surface area contributed by atoms with Crippen molar-refractivity contribution in [1.82, 2.24) is 0 Å². The second-order valence-corrected chi connectivity index (χ2v) is 9.65. The van der Waals surface area contributed by atoms with Crippen molar-refractivity contribution in [3.8, 4) is 33.4 Å². The fraction of sp³-hybridized carbons (Fsp3) is 0.185. The molecule has 0 unspecified atom stereocenters.